The molecule has 0 N–H and O–H groups in total. The summed E-state index contributed by atoms with van der Waals surface area (Å²) < 4.78 is 6.36. The summed E-state index contributed by atoms with van der Waals surface area (Å²) in [6.45, 7) is 3.62. The molecule has 2 aromatic carbocycles. The highest BCUT2D eigenvalue weighted by atomic mass is 16.5. The number of hydrogen-bond donors (Lipinski definition) is 0. The lowest BCUT2D eigenvalue weighted by molar-refractivity contribution is -0.0129. The second kappa shape index (κ2) is 7.12. The van der Waals surface area contributed by atoms with Crippen molar-refractivity contribution < 1.29 is 4.74 Å². The highest BCUT2D eigenvalue weighted by Crippen LogP contribution is 2.33. The van der Waals surface area contributed by atoms with Crippen LogP contribution < -0.4 is 0 Å². The Balaban J connectivity index is 2.02. The maximum atomic E-state index is 6.36. The van der Waals surface area contributed by atoms with Crippen LogP contribution in [-0.2, 0) is 10.3 Å². The molecule has 3 nitrogen and oxygen atoms in total. The van der Waals surface area contributed by atoms with Crippen LogP contribution in [0.1, 0.15) is 18.2 Å². The van der Waals surface area contributed by atoms with E-state index in [4.69, 9.17) is 9.72 Å². The lowest BCUT2D eigenvalue weighted by Crippen LogP contribution is -2.32. The summed E-state index contributed by atoms with van der Waals surface area (Å²) in [5.74, 6) is 0. The Bertz CT molecular complexity index is 801. The van der Waals surface area contributed by atoms with Gasteiger partial charge in [-0.3, -0.25) is 0 Å². The normalized spacial score (nSPS) is 14.0. The van der Waals surface area contributed by atoms with Crippen LogP contribution in [0.3, 0.4) is 0 Å². The molecule has 0 aliphatic carbocycles. The molecule has 0 aliphatic heterocycles. The highest BCUT2D eigenvalue weighted by Gasteiger charge is 2.31. The van der Waals surface area contributed by atoms with Crippen molar-refractivity contribution in [1.82, 2.24) is 9.88 Å². The molecule has 0 saturated heterocycles. The summed E-state index contributed by atoms with van der Waals surface area (Å²) >= 11 is 0. The first-order valence-electron chi connectivity index (χ1n) is 8.30. The van der Waals surface area contributed by atoms with E-state index >= 15 is 0 Å². The molecule has 0 spiro atoms. The Labute approximate surface area is 143 Å². The zero-order valence-electron chi connectivity index (χ0n) is 14.6. The fourth-order valence-electron chi connectivity index (χ4n) is 2.83. The smallest absolute Gasteiger partial charge is 0.132 e. The van der Waals surface area contributed by atoms with E-state index in [0.717, 1.165) is 28.7 Å². The number of aromatic nitrogens is 1. The van der Waals surface area contributed by atoms with Crippen LogP contribution in [0, 0.1) is 0 Å². The number of likely N-dealkylation sites (N-methyl/N-ethyl adjacent to an activating group) is 1. The van der Waals surface area contributed by atoms with Crippen molar-refractivity contribution in [2.24, 2.45) is 0 Å². The summed E-state index contributed by atoms with van der Waals surface area (Å²) in [6.07, 6.45) is 0. The van der Waals surface area contributed by atoms with Crippen LogP contribution in [0.15, 0.2) is 66.7 Å². The van der Waals surface area contributed by atoms with E-state index in [1.54, 1.807) is 0 Å². The van der Waals surface area contributed by atoms with Gasteiger partial charge in [-0.2, -0.15) is 0 Å². The van der Waals surface area contributed by atoms with E-state index in [2.05, 4.69) is 56.3 Å². The number of rotatable bonds is 6. The van der Waals surface area contributed by atoms with Crippen LogP contribution in [0.5, 0.6) is 0 Å². The monoisotopic (exact) mass is 320 g/mol. The molecule has 0 bridgehead atoms. The summed E-state index contributed by atoms with van der Waals surface area (Å²) in [5.41, 5.74) is 2.48. The van der Waals surface area contributed by atoms with Crippen LogP contribution in [0.4, 0.5) is 0 Å². The largest absolute Gasteiger partial charge is 0.363 e. The van der Waals surface area contributed by atoms with Crippen molar-refractivity contribution in [2.75, 3.05) is 27.2 Å². The number of hydrogen-bond acceptors (Lipinski definition) is 3. The lowest BCUT2D eigenvalue weighted by atomic mass is 9.91. The van der Waals surface area contributed by atoms with Gasteiger partial charge < -0.3 is 9.64 Å². The van der Waals surface area contributed by atoms with Crippen molar-refractivity contribution in [3.05, 3.63) is 78.0 Å². The van der Waals surface area contributed by atoms with Gasteiger partial charge in [-0.15, -0.1) is 0 Å². The quantitative estimate of drug-likeness (QED) is 0.684. The molecular weight excluding hydrogens is 296 g/mol. The number of para-hydroxylation sites is 1. The Morgan fingerprint density at radius 1 is 0.917 bits per heavy atom. The molecule has 0 radical (unpaired) electrons. The van der Waals surface area contributed by atoms with Crippen molar-refractivity contribution >= 4 is 10.9 Å². The van der Waals surface area contributed by atoms with E-state index < -0.39 is 5.60 Å². The van der Waals surface area contributed by atoms with Gasteiger partial charge in [0.1, 0.15) is 5.60 Å². The minimum absolute atomic E-state index is 0.568. The molecule has 3 heteroatoms. The van der Waals surface area contributed by atoms with Gasteiger partial charge in [0.25, 0.3) is 0 Å². The molecule has 1 heterocycles. The minimum atomic E-state index is -0.568. The second-order valence-electron chi connectivity index (χ2n) is 6.44. The second-order valence-corrected chi connectivity index (χ2v) is 6.44. The van der Waals surface area contributed by atoms with Gasteiger partial charge in [0, 0.05) is 11.9 Å². The molecule has 124 valence electrons. The van der Waals surface area contributed by atoms with Gasteiger partial charge in [-0.1, -0.05) is 54.6 Å². The molecule has 0 aliphatic rings. The Morgan fingerprint density at radius 2 is 1.62 bits per heavy atom. The van der Waals surface area contributed by atoms with Gasteiger partial charge in [-0.25, -0.2) is 4.98 Å². The zero-order chi connectivity index (χ0) is 17.0. The first-order chi connectivity index (χ1) is 11.6. The number of benzene rings is 2. The van der Waals surface area contributed by atoms with Gasteiger partial charge >= 0.3 is 0 Å². The van der Waals surface area contributed by atoms with Crippen LogP contribution in [0.25, 0.3) is 10.9 Å². The third-order valence-corrected chi connectivity index (χ3v) is 4.34. The fourth-order valence-corrected chi connectivity index (χ4v) is 2.83. The molecule has 1 atom stereocenters. The average molecular weight is 320 g/mol. The van der Waals surface area contributed by atoms with E-state index in [1.165, 1.54) is 0 Å². The average Bonchev–Trinajstić information content (AvgIpc) is 2.61. The van der Waals surface area contributed by atoms with Crippen LogP contribution in [0.2, 0.25) is 0 Å². The molecule has 1 aromatic heterocycles. The van der Waals surface area contributed by atoms with Crippen molar-refractivity contribution in [2.45, 2.75) is 12.5 Å². The number of pyridine rings is 1. The predicted molar refractivity (Wildman–Crippen MR) is 99.1 cm³/mol. The fraction of sp³-hybridized carbons (Fsp3) is 0.286. The van der Waals surface area contributed by atoms with Crippen LogP contribution in [-0.4, -0.2) is 37.1 Å². The Kier molecular flexibility index (Phi) is 4.93. The SMILES string of the molecule is CN(C)CCO[C@](C)(c1ccccc1)c1ccc2ccccc2n1. The minimum Gasteiger partial charge on any atom is -0.363 e. The summed E-state index contributed by atoms with van der Waals surface area (Å²) in [6, 6.07) is 22.7. The molecule has 0 amide bonds. The van der Waals surface area contributed by atoms with Crippen molar-refractivity contribution in [1.29, 1.82) is 0 Å². The standard InChI is InChI=1S/C21H24N2O/c1-21(24-16-15-23(2)3,18-10-5-4-6-11-18)20-14-13-17-9-7-8-12-19(17)22-20/h4-14H,15-16H2,1-3H3/t21-/m1/s1. The lowest BCUT2D eigenvalue weighted by Gasteiger charge is -2.31. The third-order valence-electron chi connectivity index (χ3n) is 4.34. The molecular formula is C21H24N2O. The third kappa shape index (κ3) is 3.48. The van der Waals surface area contributed by atoms with E-state index in [0.29, 0.717) is 6.61 Å². The predicted octanol–water partition coefficient (Wildman–Crippen LogP) is 4.08. The number of fused-ring (bicyclic) bond motifs is 1. The Hall–Kier alpha value is -2.23. The van der Waals surface area contributed by atoms with Gasteiger partial charge in [0.05, 0.1) is 17.8 Å². The van der Waals surface area contributed by atoms with Gasteiger partial charge in [0.15, 0.2) is 0 Å². The van der Waals surface area contributed by atoms with Crippen LogP contribution >= 0.6 is 0 Å². The van der Waals surface area contributed by atoms with Gasteiger partial charge in [-0.05, 0) is 38.7 Å². The number of ether oxygens (including phenoxy) is 1. The summed E-state index contributed by atoms with van der Waals surface area (Å²) in [7, 11) is 4.11. The molecule has 3 aromatic rings. The topological polar surface area (TPSA) is 25.4 Å². The van der Waals surface area contributed by atoms with E-state index in [1.807, 2.05) is 36.4 Å². The molecule has 3 rings (SSSR count). The summed E-state index contributed by atoms with van der Waals surface area (Å²) in [4.78, 5) is 7.01. The molecule has 0 unspecified atom stereocenters. The van der Waals surface area contributed by atoms with Gasteiger partial charge in [0.2, 0.25) is 0 Å². The van der Waals surface area contributed by atoms with E-state index in [9.17, 15) is 0 Å². The summed E-state index contributed by atoms with van der Waals surface area (Å²) in [5, 5.41) is 1.14. The molecule has 0 saturated carbocycles. The van der Waals surface area contributed by atoms with E-state index in [-0.39, 0.29) is 0 Å². The number of nitrogens with zero attached hydrogens (tertiary/aromatic N) is 2. The first kappa shape index (κ1) is 16.6. The Morgan fingerprint density at radius 3 is 2.38 bits per heavy atom. The van der Waals surface area contributed by atoms with Crippen molar-refractivity contribution in [3.8, 4) is 0 Å². The maximum absolute atomic E-state index is 6.36. The molecule has 0 fully saturated rings. The molecule has 24 heavy (non-hydrogen) atoms. The highest BCUT2D eigenvalue weighted by molar-refractivity contribution is 5.78. The zero-order valence-corrected chi connectivity index (χ0v) is 14.6. The van der Waals surface area contributed by atoms with Crippen molar-refractivity contribution in [3.63, 3.8) is 0 Å². The maximum Gasteiger partial charge on any atom is 0.132 e. The first-order valence-corrected chi connectivity index (χ1v) is 8.30.